The number of hydrogen-bond donors (Lipinski definition) is 1. The van der Waals surface area contributed by atoms with Gasteiger partial charge in [-0.15, -0.1) is 0 Å². The quantitative estimate of drug-likeness (QED) is 0.921. The average Bonchev–Trinajstić information content (AvgIpc) is 2.42. The van der Waals surface area contributed by atoms with Crippen LogP contribution in [0, 0.1) is 12.7 Å². The number of aliphatic hydroxyl groups excluding tert-OH is 1. The van der Waals surface area contributed by atoms with Crippen molar-refractivity contribution in [1.82, 2.24) is 4.98 Å². The summed E-state index contributed by atoms with van der Waals surface area (Å²) in [5.74, 6) is 0.00604. The number of aryl methyl sites for hydroxylation is 1. The molecule has 0 fully saturated rings. The molecule has 0 aliphatic carbocycles. The molecule has 1 aromatic heterocycles. The molecular formula is C14H14FNO3. The lowest BCUT2D eigenvalue weighted by atomic mass is 10.2. The summed E-state index contributed by atoms with van der Waals surface area (Å²) in [5, 5.41) is 9.00. The Morgan fingerprint density at radius 3 is 2.74 bits per heavy atom. The highest BCUT2D eigenvalue weighted by atomic mass is 19.1. The summed E-state index contributed by atoms with van der Waals surface area (Å²) in [6.07, 6.45) is 1.38. The molecule has 0 saturated heterocycles. The first-order valence-electron chi connectivity index (χ1n) is 5.72. The van der Waals surface area contributed by atoms with Crippen molar-refractivity contribution in [3.8, 4) is 17.4 Å². The fourth-order valence-corrected chi connectivity index (χ4v) is 1.62. The van der Waals surface area contributed by atoms with Gasteiger partial charge in [-0.3, -0.25) is 0 Å². The molecular weight excluding hydrogens is 249 g/mol. The van der Waals surface area contributed by atoms with Crippen molar-refractivity contribution < 1.29 is 19.0 Å². The third-order valence-electron chi connectivity index (χ3n) is 2.63. The van der Waals surface area contributed by atoms with Crippen molar-refractivity contribution >= 4 is 0 Å². The van der Waals surface area contributed by atoms with E-state index in [0.717, 1.165) is 5.56 Å². The largest absolute Gasteiger partial charge is 0.493 e. The number of pyridine rings is 1. The molecule has 0 radical (unpaired) electrons. The Morgan fingerprint density at radius 2 is 2.05 bits per heavy atom. The van der Waals surface area contributed by atoms with Gasteiger partial charge < -0.3 is 14.6 Å². The number of benzene rings is 1. The molecule has 1 heterocycles. The molecule has 1 N–H and O–H groups in total. The van der Waals surface area contributed by atoms with Crippen LogP contribution in [0.2, 0.25) is 0 Å². The van der Waals surface area contributed by atoms with Crippen LogP contribution in [0.4, 0.5) is 4.39 Å². The maximum Gasteiger partial charge on any atom is 0.256 e. The second kappa shape index (κ2) is 5.67. The van der Waals surface area contributed by atoms with Gasteiger partial charge in [-0.1, -0.05) is 6.07 Å². The van der Waals surface area contributed by atoms with Gasteiger partial charge in [0.25, 0.3) is 5.88 Å². The fraction of sp³-hybridized carbons (Fsp3) is 0.214. The molecule has 0 aliphatic rings. The monoisotopic (exact) mass is 263 g/mol. The van der Waals surface area contributed by atoms with E-state index in [1.165, 1.54) is 19.4 Å². The van der Waals surface area contributed by atoms with Crippen LogP contribution < -0.4 is 9.47 Å². The highest BCUT2D eigenvalue weighted by Gasteiger charge is 2.13. The Labute approximate surface area is 110 Å². The molecule has 0 atom stereocenters. The number of ether oxygens (including phenoxy) is 2. The minimum absolute atomic E-state index is 0.135. The topological polar surface area (TPSA) is 51.6 Å². The van der Waals surface area contributed by atoms with E-state index >= 15 is 0 Å². The third-order valence-corrected chi connectivity index (χ3v) is 2.63. The molecule has 2 rings (SSSR count). The van der Waals surface area contributed by atoms with Gasteiger partial charge in [0.05, 0.1) is 13.7 Å². The van der Waals surface area contributed by atoms with E-state index in [1.54, 1.807) is 12.1 Å². The normalized spacial score (nSPS) is 10.3. The summed E-state index contributed by atoms with van der Waals surface area (Å²) in [6.45, 7) is 1.51. The Balaban J connectivity index is 2.36. The maximum atomic E-state index is 13.9. The predicted molar refractivity (Wildman–Crippen MR) is 67.9 cm³/mol. The van der Waals surface area contributed by atoms with Gasteiger partial charge >= 0.3 is 0 Å². The predicted octanol–water partition coefficient (Wildman–Crippen LogP) is 2.82. The molecule has 2 aromatic rings. The molecule has 0 unspecified atom stereocenters. The maximum absolute atomic E-state index is 13.9. The van der Waals surface area contributed by atoms with Crippen molar-refractivity contribution in [3.05, 3.63) is 47.4 Å². The van der Waals surface area contributed by atoms with E-state index in [2.05, 4.69) is 4.98 Å². The van der Waals surface area contributed by atoms with E-state index in [1.807, 2.05) is 13.0 Å². The summed E-state index contributed by atoms with van der Waals surface area (Å²) >= 11 is 0. The first kappa shape index (κ1) is 13.3. The number of aromatic nitrogens is 1. The second-order valence-corrected chi connectivity index (χ2v) is 4.00. The van der Waals surface area contributed by atoms with Gasteiger partial charge in [0.2, 0.25) is 0 Å². The van der Waals surface area contributed by atoms with Crippen LogP contribution >= 0.6 is 0 Å². The van der Waals surface area contributed by atoms with Crippen LogP contribution in [0.5, 0.6) is 17.4 Å². The minimum Gasteiger partial charge on any atom is -0.493 e. The lowest BCUT2D eigenvalue weighted by Crippen LogP contribution is -1.98. The summed E-state index contributed by atoms with van der Waals surface area (Å²) < 4.78 is 24.5. The number of aliphatic hydroxyl groups is 1. The summed E-state index contributed by atoms with van der Waals surface area (Å²) in [6, 6.07) is 6.68. The third kappa shape index (κ3) is 2.82. The van der Waals surface area contributed by atoms with Crippen LogP contribution in [-0.2, 0) is 6.61 Å². The number of halogens is 1. The Hall–Kier alpha value is -2.14. The molecule has 0 bridgehead atoms. The highest BCUT2D eigenvalue weighted by Crippen LogP contribution is 2.32. The Morgan fingerprint density at radius 1 is 1.26 bits per heavy atom. The van der Waals surface area contributed by atoms with Gasteiger partial charge in [0.15, 0.2) is 17.3 Å². The van der Waals surface area contributed by atoms with Gasteiger partial charge in [0, 0.05) is 11.8 Å². The van der Waals surface area contributed by atoms with Crippen LogP contribution in [0.25, 0.3) is 0 Å². The van der Waals surface area contributed by atoms with Crippen molar-refractivity contribution in [2.24, 2.45) is 0 Å². The molecule has 100 valence electrons. The number of nitrogens with zero attached hydrogens (tertiary/aromatic N) is 1. The minimum atomic E-state index is -0.673. The smallest absolute Gasteiger partial charge is 0.256 e. The van der Waals surface area contributed by atoms with E-state index in [-0.39, 0.29) is 11.4 Å². The van der Waals surface area contributed by atoms with Crippen molar-refractivity contribution in [2.45, 2.75) is 13.5 Å². The van der Waals surface area contributed by atoms with E-state index in [4.69, 9.17) is 14.6 Å². The van der Waals surface area contributed by atoms with Crippen molar-refractivity contribution in [1.29, 1.82) is 0 Å². The first-order valence-corrected chi connectivity index (χ1v) is 5.72. The van der Waals surface area contributed by atoms with E-state index < -0.39 is 12.4 Å². The molecule has 19 heavy (non-hydrogen) atoms. The van der Waals surface area contributed by atoms with E-state index in [9.17, 15) is 4.39 Å². The van der Waals surface area contributed by atoms with Gasteiger partial charge in [0.1, 0.15) is 0 Å². The number of methoxy groups -OCH3 is 1. The lowest BCUT2D eigenvalue weighted by molar-refractivity contribution is 0.272. The fourth-order valence-electron chi connectivity index (χ4n) is 1.62. The summed E-state index contributed by atoms with van der Waals surface area (Å²) in [5.41, 5.74) is 1.14. The van der Waals surface area contributed by atoms with Gasteiger partial charge in [-0.2, -0.15) is 0 Å². The van der Waals surface area contributed by atoms with Crippen LogP contribution in [0.3, 0.4) is 0 Å². The second-order valence-electron chi connectivity index (χ2n) is 4.00. The number of hydrogen-bond acceptors (Lipinski definition) is 4. The van der Waals surface area contributed by atoms with E-state index in [0.29, 0.717) is 11.5 Å². The molecule has 0 aliphatic heterocycles. The highest BCUT2D eigenvalue weighted by molar-refractivity contribution is 5.44. The summed E-state index contributed by atoms with van der Waals surface area (Å²) in [7, 11) is 1.51. The molecule has 0 saturated carbocycles. The number of rotatable bonds is 4. The van der Waals surface area contributed by atoms with Crippen LogP contribution in [0.15, 0.2) is 30.5 Å². The zero-order valence-electron chi connectivity index (χ0n) is 10.7. The molecule has 1 aromatic carbocycles. The molecule has 5 heteroatoms. The van der Waals surface area contributed by atoms with Crippen molar-refractivity contribution in [3.63, 3.8) is 0 Å². The van der Waals surface area contributed by atoms with Gasteiger partial charge in [-0.25, -0.2) is 9.37 Å². The summed E-state index contributed by atoms with van der Waals surface area (Å²) in [4.78, 5) is 3.82. The molecule has 4 nitrogen and oxygen atoms in total. The Bertz CT molecular complexity index is 587. The SMILES string of the molecule is COc1cc(C)ccc1Oc1nccc(CO)c1F. The average molecular weight is 263 g/mol. The first-order chi connectivity index (χ1) is 9.15. The van der Waals surface area contributed by atoms with Crippen LogP contribution in [0.1, 0.15) is 11.1 Å². The Kier molecular flexibility index (Phi) is 3.97. The van der Waals surface area contributed by atoms with Crippen molar-refractivity contribution in [2.75, 3.05) is 7.11 Å². The zero-order chi connectivity index (χ0) is 13.8. The molecule has 0 spiro atoms. The zero-order valence-corrected chi connectivity index (χ0v) is 10.7. The van der Waals surface area contributed by atoms with Crippen LogP contribution in [-0.4, -0.2) is 17.2 Å². The van der Waals surface area contributed by atoms with Gasteiger partial charge in [-0.05, 0) is 30.7 Å². The lowest BCUT2D eigenvalue weighted by Gasteiger charge is -2.11. The molecule has 0 amide bonds. The standard InChI is InChI=1S/C14H14FNO3/c1-9-3-4-11(12(7-9)18-2)19-14-13(15)10(8-17)5-6-16-14/h3-7,17H,8H2,1-2H3.